The molecule has 3 nitrogen and oxygen atoms in total. The Morgan fingerprint density at radius 1 is 0.708 bits per heavy atom. The SMILES string of the molecule is OC1C(c2ccccc2)=NN(c2ccccc2)C1c1ccccc1. The lowest BCUT2D eigenvalue weighted by Crippen LogP contribution is -2.29. The molecule has 1 aliphatic heterocycles. The highest BCUT2D eigenvalue weighted by Gasteiger charge is 2.38. The van der Waals surface area contributed by atoms with E-state index in [-0.39, 0.29) is 6.04 Å². The quantitative estimate of drug-likeness (QED) is 0.793. The summed E-state index contributed by atoms with van der Waals surface area (Å²) in [6, 6.07) is 29.7. The fourth-order valence-corrected chi connectivity index (χ4v) is 3.13. The molecular weight excluding hydrogens is 296 g/mol. The Kier molecular flexibility index (Phi) is 3.85. The molecule has 2 atom stereocenters. The molecule has 0 fully saturated rings. The summed E-state index contributed by atoms with van der Waals surface area (Å²) in [5.74, 6) is 0. The van der Waals surface area contributed by atoms with E-state index in [0.29, 0.717) is 5.71 Å². The maximum absolute atomic E-state index is 11.0. The number of hydrogen-bond acceptors (Lipinski definition) is 3. The second-order valence-corrected chi connectivity index (χ2v) is 5.83. The summed E-state index contributed by atoms with van der Waals surface area (Å²) in [5.41, 5.74) is 3.66. The van der Waals surface area contributed by atoms with Gasteiger partial charge in [-0.25, -0.2) is 0 Å². The van der Waals surface area contributed by atoms with Crippen LogP contribution < -0.4 is 5.01 Å². The number of rotatable bonds is 3. The summed E-state index contributed by atoms with van der Waals surface area (Å²) in [7, 11) is 0. The summed E-state index contributed by atoms with van der Waals surface area (Å²) >= 11 is 0. The molecule has 0 aromatic heterocycles. The zero-order chi connectivity index (χ0) is 16.4. The minimum absolute atomic E-state index is 0.233. The van der Waals surface area contributed by atoms with Crippen LogP contribution in [0.15, 0.2) is 96.1 Å². The van der Waals surface area contributed by atoms with Crippen molar-refractivity contribution in [3.8, 4) is 0 Å². The van der Waals surface area contributed by atoms with Crippen molar-refractivity contribution in [2.75, 3.05) is 5.01 Å². The van der Waals surface area contributed by atoms with Crippen LogP contribution in [0.3, 0.4) is 0 Å². The normalized spacial score (nSPS) is 20.0. The molecule has 3 aromatic carbocycles. The van der Waals surface area contributed by atoms with Crippen molar-refractivity contribution in [3.63, 3.8) is 0 Å². The molecule has 1 heterocycles. The average molecular weight is 314 g/mol. The van der Waals surface area contributed by atoms with Crippen LogP contribution in [0.4, 0.5) is 5.69 Å². The Hall–Kier alpha value is -2.91. The van der Waals surface area contributed by atoms with Crippen LogP contribution in [0.25, 0.3) is 0 Å². The van der Waals surface area contributed by atoms with Gasteiger partial charge in [-0.1, -0.05) is 78.9 Å². The zero-order valence-electron chi connectivity index (χ0n) is 13.2. The number of aliphatic hydroxyl groups excluding tert-OH is 1. The van der Waals surface area contributed by atoms with Gasteiger partial charge in [-0.15, -0.1) is 0 Å². The van der Waals surface area contributed by atoms with Gasteiger partial charge >= 0.3 is 0 Å². The maximum Gasteiger partial charge on any atom is 0.125 e. The van der Waals surface area contributed by atoms with Gasteiger partial charge in [-0.05, 0) is 17.7 Å². The predicted molar refractivity (Wildman–Crippen MR) is 97.1 cm³/mol. The van der Waals surface area contributed by atoms with Gasteiger partial charge in [0.1, 0.15) is 12.1 Å². The van der Waals surface area contributed by atoms with Gasteiger partial charge in [0.2, 0.25) is 0 Å². The fraction of sp³-hybridized carbons (Fsp3) is 0.0952. The third kappa shape index (κ3) is 2.59. The monoisotopic (exact) mass is 314 g/mol. The molecule has 0 amide bonds. The molecule has 24 heavy (non-hydrogen) atoms. The predicted octanol–water partition coefficient (Wildman–Crippen LogP) is 4.01. The molecule has 3 aromatic rings. The van der Waals surface area contributed by atoms with Crippen LogP contribution in [0.2, 0.25) is 0 Å². The first-order valence-corrected chi connectivity index (χ1v) is 8.06. The van der Waals surface area contributed by atoms with Gasteiger partial charge in [0.15, 0.2) is 0 Å². The molecule has 3 heteroatoms. The number of hydrazone groups is 1. The summed E-state index contributed by atoms with van der Waals surface area (Å²) in [6.07, 6.45) is -0.685. The summed E-state index contributed by atoms with van der Waals surface area (Å²) in [4.78, 5) is 0. The van der Waals surface area contributed by atoms with E-state index < -0.39 is 6.10 Å². The summed E-state index contributed by atoms with van der Waals surface area (Å²) < 4.78 is 0. The number of aliphatic hydroxyl groups is 1. The first-order chi connectivity index (χ1) is 11.8. The van der Waals surface area contributed by atoms with Crippen molar-refractivity contribution in [1.82, 2.24) is 0 Å². The molecule has 0 spiro atoms. The molecule has 2 unspecified atom stereocenters. The first kappa shape index (κ1) is 14.7. The topological polar surface area (TPSA) is 35.8 Å². The second kappa shape index (κ2) is 6.30. The van der Waals surface area contributed by atoms with Gasteiger partial charge in [0, 0.05) is 5.56 Å². The van der Waals surface area contributed by atoms with Crippen LogP contribution in [-0.2, 0) is 0 Å². The summed E-state index contributed by atoms with van der Waals surface area (Å²) in [5, 5.41) is 17.7. The van der Waals surface area contributed by atoms with Gasteiger partial charge < -0.3 is 5.11 Å². The Morgan fingerprint density at radius 2 is 1.25 bits per heavy atom. The van der Waals surface area contributed by atoms with E-state index in [2.05, 4.69) is 0 Å². The number of hydrogen-bond donors (Lipinski definition) is 1. The highest BCUT2D eigenvalue weighted by atomic mass is 16.3. The molecule has 4 rings (SSSR count). The number of nitrogens with zero attached hydrogens (tertiary/aromatic N) is 2. The van der Waals surface area contributed by atoms with E-state index >= 15 is 0 Å². The lowest BCUT2D eigenvalue weighted by atomic mass is 9.95. The van der Waals surface area contributed by atoms with Crippen molar-refractivity contribution in [3.05, 3.63) is 102 Å². The highest BCUT2D eigenvalue weighted by molar-refractivity contribution is 6.06. The van der Waals surface area contributed by atoms with Crippen molar-refractivity contribution in [2.24, 2.45) is 5.10 Å². The molecule has 0 bridgehead atoms. The van der Waals surface area contributed by atoms with Crippen molar-refractivity contribution in [1.29, 1.82) is 0 Å². The van der Waals surface area contributed by atoms with E-state index in [0.717, 1.165) is 16.8 Å². The van der Waals surface area contributed by atoms with Crippen molar-refractivity contribution in [2.45, 2.75) is 12.1 Å². The van der Waals surface area contributed by atoms with E-state index in [9.17, 15) is 5.11 Å². The summed E-state index contributed by atoms with van der Waals surface area (Å²) in [6.45, 7) is 0. The van der Waals surface area contributed by atoms with Crippen molar-refractivity contribution >= 4 is 11.4 Å². The van der Waals surface area contributed by atoms with E-state index in [4.69, 9.17) is 5.10 Å². The molecule has 0 radical (unpaired) electrons. The van der Waals surface area contributed by atoms with Gasteiger partial charge in [-0.3, -0.25) is 5.01 Å². The molecule has 0 saturated heterocycles. The zero-order valence-corrected chi connectivity index (χ0v) is 13.2. The maximum atomic E-state index is 11.0. The molecular formula is C21H18N2O. The van der Waals surface area contributed by atoms with Gasteiger partial charge in [-0.2, -0.15) is 5.10 Å². The van der Waals surface area contributed by atoms with Crippen LogP contribution in [0.5, 0.6) is 0 Å². The van der Waals surface area contributed by atoms with E-state index in [1.807, 2.05) is 96.0 Å². The van der Waals surface area contributed by atoms with Gasteiger partial charge in [0.25, 0.3) is 0 Å². The molecule has 118 valence electrons. The van der Waals surface area contributed by atoms with Crippen LogP contribution in [0.1, 0.15) is 17.2 Å². The van der Waals surface area contributed by atoms with E-state index in [1.165, 1.54) is 0 Å². The first-order valence-electron chi connectivity index (χ1n) is 8.06. The Morgan fingerprint density at radius 3 is 1.88 bits per heavy atom. The van der Waals surface area contributed by atoms with Crippen LogP contribution in [0, 0.1) is 0 Å². The average Bonchev–Trinajstić information content (AvgIpc) is 3.01. The van der Waals surface area contributed by atoms with Gasteiger partial charge in [0.05, 0.1) is 11.4 Å². The standard InChI is InChI=1S/C21H18N2O/c24-21-19(16-10-4-1-5-11-16)22-23(18-14-8-3-9-15-18)20(21)17-12-6-2-7-13-17/h1-15,20-21,24H. The molecule has 0 aliphatic carbocycles. The minimum Gasteiger partial charge on any atom is -0.384 e. The van der Waals surface area contributed by atoms with E-state index in [1.54, 1.807) is 0 Å². The minimum atomic E-state index is -0.685. The number of para-hydroxylation sites is 1. The number of benzene rings is 3. The van der Waals surface area contributed by atoms with Crippen molar-refractivity contribution < 1.29 is 5.11 Å². The lowest BCUT2D eigenvalue weighted by molar-refractivity contribution is 0.217. The third-order valence-corrected chi connectivity index (χ3v) is 4.29. The lowest BCUT2D eigenvalue weighted by Gasteiger charge is -2.26. The smallest absolute Gasteiger partial charge is 0.125 e. The fourth-order valence-electron chi connectivity index (χ4n) is 3.13. The van der Waals surface area contributed by atoms with Crippen LogP contribution in [-0.4, -0.2) is 16.9 Å². The Balaban J connectivity index is 1.81. The molecule has 1 aliphatic rings. The van der Waals surface area contributed by atoms with Crippen LogP contribution >= 0.6 is 0 Å². The second-order valence-electron chi connectivity index (χ2n) is 5.83. The molecule has 1 N–H and O–H groups in total. The third-order valence-electron chi connectivity index (χ3n) is 4.29. The Bertz CT molecular complexity index is 831. The number of anilines is 1. The molecule has 0 saturated carbocycles. The Labute approximate surface area is 141 Å². The highest BCUT2D eigenvalue weighted by Crippen LogP contribution is 2.36. The largest absolute Gasteiger partial charge is 0.384 e.